The van der Waals surface area contributed by atoms with Crippen LogP contribution in [-0.2, 0) is 26.2 Å². The first-order valence-corrected chi connectivity index (χ1v) is 13.4. The van der Waals surface area contributed by atoms with Gasteiger partial charge in [0.05, 0.1) is 11.3 Å². The molecule has 0 bridgehead atoms. The van der Waals surface area contributed by atoms with Crippen molar-refractivity contribution in [3.8, 4) is 0 Å². The molecule has 1 atom stereocenters. The van der Waals surface area contributed by atoms with E-state index in [2.05, 4.69) is 27.9 Å². The normalized spacial score (nSPS) is 24.5. The van der Waals surface area contributed by atoms with Gasteiger partial charge in [-0.1, -0.05) is 22.6 Å². The Balaban J connectivity index is 1.68. The minimum absolute atomic E-state index is 0.0551. The van der Waals surface area contributed by atoms with Crippen molar-refractivity contribution < 1.29 is 21.6 Å². The molecule has 4 nitrogen and oxygen atoms in total. The summed E-state index contributed by atoms with van der Waals surface area (Å²) in [5, 5.41) is 11.6. The molecule has 2 aromatic rings. The van der Waals surface area contributed by atoms with Crippen LogP contribution in [0.2, 0.25) is 0 Å². The van der Waals surface area contributed by atoms with E-state index in [4.69, 9.17) is 5.41 Å². The van der Waals surface area contributed by atoms with Crippen molar-refractivity contribution in [1.29, 1.82) is 5.41 Å². The second-order valence-electron chi connectivity index (χ2n) is 8.19. The molecule has 1 spiro atoms. The molecule has 0 radical (unpaired) electrons. The van der Waals surface area contributed by atoms with Gasteiger partial charge in [-0.2, -0.15) is 0 Å². The summed E-state index contributed by atoms with van der Waals surface area (Å²) < 4.78 is 66.1. The smallest absolute Gasteiger partial charge is 0.194 e. The molecule has 1 saturated carbocycles. The summed E-state index contributed by atoms with van der Waals surface area (Å²) in [6, 6.07) is 3.84. The lowest BCUT2D eigenvalue weighted by molar-refractivity contribution is 0.363. The third-order valence-electron chi connectivity index (χ3n) is 6.02. The number of hydrogen-bond acceptors (Lipinski definition) is 4. The Morgan fingerprint density at radius 3 is 2.33 bits per heavy atom. The van der Waals surface area contributed by atoms with Crippen LogP contribution in [-0.4, -0.2) is 24.8 Å². The summed E-state index contributed by atoms with van der Waals surface area (Å²) in [6.07, 6.45) is 1.96. The summed E-state index contributed by atoms with van der Waals surface area (Å²) in [7, 11) is -3.51. The number of sulfone groups is 1. The number of amidine groups is 1. The summed E-state index contributed by atoms with van der Waals surface area (Å²) in [6.45, 7) is 1.78. The highest BCUT2D eigenvalue weighted by Crippen LogP contribution is 2.47. The zero-order valence-corrected chi connectivity index (χ0v) is 19.9. The summed E-state index contributed by atoms with van der Waals surface area (Å²) in [4.78, 5) is 1.59. The zero-order chi connectivity index (χ0) is 21.9. The molecular formula is C20H20F3IN2O2S2. The minimum atomic E-state index is -3.51. The molecule has 0 amide bonds. The summed E-state index contributed by atoms with van der Waals surface area (Å²) in [5.41, 5.74) is 0.274. The van der Waals surface area contributed by atoms with Gasteiger partial charge in [-0.15, -0.1) is 11.3 Å². The average Bonchev–Trinajstić information content (AvgIpc) is 3.00. The zero-order valence-electron chi connectivity index (χ0n) is 16.1. The Bertz CT molecular complexity index is 1120. The summed E-state index contributed by atoms with van der Waals surface area (Å²) >= 11 is 3.55. The predicted octanol–water partition coefficient (Wildman–Crippen LogP) is 4.82. The maximum atomic E-state index is 13.6. The van der Waals surface area contributed by atoms with Crippen LogP contribution >= 0.6 is 33.9 Å². The van der Waals surface area contributed by atoms with Crippen molar-refractivity contribution in [2.75, 3.05) is 5.75 Å². The minimum Gasteiger partial charge on any atom is -0.362 e. The molecule has 30 heavy (non-hydrogen) atoms. The first-order valence-electron chi connectivity index (χ1n) is 9.42. The van der Waals surface area contributed by atoms with Crippen LogP contribution in [0.5, 0.6) is 0 Å². The van der Waals surface area contributed by atoms with Gasteiger partial charge < -0.3 is 5.32 Å². The number of thiophene rings is 1. The fourth-order valence-electron chi connectivity index (χ4n) is 4.33. The number of alkyl halides is 1. The predicted molar refractivity (Wildman–Crippen MR) is 120 cm³/mol. The molecule has 1 aliphatic heterocycles. The molecule has 10 heteroatoms. The van der Waals surface area contributed by atoms with Crippen molar-refractivity contribution in [1.82, 2.24) is 5.32 Å². The third-order valence-corrected chi connectivity index (χ3v) is 11.0. The van der Waals surface area contributed by atoms with E-state index in [9.17, 15) is 21.6 Å². The van der Waals surface area contributed by atoms with E-state index < -0.39 is 37.6 Å². The van der Waals surface area contributed by atoms with Crippen molar-refractivity contribution in [2.45, 2.75) is 47.3 Å². The van der Waals surface area contributed by atoms with Crippen LogP contribution in [0.4, 0.5) is 13.2 Å². The first kappa shape index (κ1) is 22.1. The second-order valence-corrected chi connectivity index (χ2v) is 12.4. The van der Waals surface area contributed by atoms with Crippen LogP contribution in [0.3, 0.4) is 0 Å². The molecule has 1 saturated heterocycles. The fraction of sp³-hybridized carbons (Fsp3) is 0.450. The lowest BCUT2D eigenvalue weighted by atomic mass is 9.81. The number of rotatable bonds is 4. The molecule has 1 aromatic carbocycles. The molecule has 0 unspecified atom stereocenters. The van der Waals surface area contributed by atoms with Gasteiger partial charge >= 0.3 is 0 Å². The SMILES string of the molecule is C[C@@]1(c2sc(Cc3cc(F)c(F)c(F)c3)cc2CI)CS(=O)(=O)C2(CCC2)C(=N)N1. The van der Waals surface area contributed by atoms with Gasteiger partial charge in [0.25, 0.3) is 0 Å². The molecule has 1 aromatic heterocycles. The maximum absolute atomic E-state index is 13.6. The molecule has 4 rings (SSSR count). The highest BCUT2D eigenvalue weighted by molar-refractivity contribution is 14.1. The Labute approximate surface area is 190 Å². The number of hydrogen-bond donors (Lipinski definition) is 2. The molecule has 1 aliphatic carbocycles. The van der Waals surface area contributed by atoms with E-state index in [0.717, 1.165) is 33.9 Å². The Morgan fingerprint density at radius 1 is 1.20 bits per heavy atom. The third kappa shape index (κ3) is 3.38. The van der Waals surface area contributed by atoms with Gasteiger partial charge in [-0.3, -0.25) is 5.41 Å². The molecule has 2 heterocycles. The van der Waals surface area contributed by atoms with Crippen LogP contribution in [0.25, 0.3) is 0 Å². The molecule has 2 aliphatic rings. The van der Waals surface area contributed by atoms with E-state index in [1.807, 2.05) is 6.07 Å². The first-order chi connectivity index (χ1) is 14.0. The van der Waals surface area contributed by atoms with Gasteiger partial charge in [0.2, 0.25) is 0 Å². The second kappa shape index (κ2) is 7.47. The Morgan fingerprint density at radius 2 is 1.83 bits per heavy atom. The highest BCUT2D eigenvalue weighted by atomic mass is 127. The van der Waals surface area contributed by atoms with Crippen molar-refractivity contribution in [3.63, 3.8) is 0 Å². The van der Waals surface area contributed by atoms with E-state index in [1.54, 1.807) is 6.92 Å². The van der Waals surface area contributed by atoms with E-state index in [0.29, 0.717) is 22.8 Å². The van der Waals surface area contributed by atoms with E-state index in [1.165, 1.54) is 11.3 Å². The van der Waals surface area contributed by atoms with E-state index in [-0.39, 0.29) is 18.0 Å². The van der Waals surface area contributed by atoms with Gasteiger partial charge in [0.1, 0.15) is 10.6 Å². The van der Waals surface area contributed by atoms with Crippen molar-refractivity contribution in [3.05, 3.63) is 56.5 Å². The number of halogens is 4. The van der Waals surface area contributed by atoms with E-state index >= 15 is 0 Å². The van der Waals surface area contributed by atoms with Crippen LogP contribution in [0.1, 0.15) is 47.1 Å². The van der Waals surface area contributed by atoms with Crippen LogP contribution in [0, 0.1) is 22.9 Å². The van der Waals surface area contributed by atoms with Crippen molar-refractivity contribution in [2.24, 2.45) is 0 Å². The quantitative estimate of drug-likeness (QED) is 0.316. The lowest BCUT2D eigenvalue weighted by Gasteiger charge is -2.50. The maximum Gasteiger partial charge on any atom is 0.194 e. The van der Waals surface area contributed by atoms with Gasteiger partial charge in [-0.05, 0) is 55.5 Å². The standard InChI is InChI=1S/C20H20F3IN2O2S2/c1-19(10-30(27,28)20(3-2-4-20)18(25)26-19)17-12(9-24)8-13(29-17)5-11-6-14(21)16(23)15(22)7-11/h6-8H,2-5,9-10H2,1H3,(H2,25,26)/t19-/m0/s1. The largest absolute Gasteiger partial charge is 0.362 e. The van der Waals surface area contributed by atoms with Gasteiger partial charge in [0.15, 0.2) is 27.3 Å². The molecule has 2 fully saturated rings. The summed E-state index contributed by atoms with van der Waals surface area (Å²) in [5.74, 6) is -4.01. The molecule has 2 N–H and O–H groups in total. The number of benzene rings is 1. The van der Waals surface area contributed by atoms with Crippen LogP contribution in [0.15, 0.2) is 18.2 Å². The number of nitrogens with one attached hydrogen (secondary N) is 2. The topological polar surface area (TPSA) is 70.0 Å². The molecule has 162 valence electrons. The molecular weight excluding hydrogens is 548 g/mol. The Kier molecular flexibility index (Phi) is 5.50. The highest BCUT2D eigenvalue weighted by Gasteiger charge is 2.59. The fourth-order valence-corrected chi connectivity index (χ4v) is 9.12. The Hall–Kier alpha value is -1.14. The van der Waals surface area contributed by atoms with Gasteiger partial charge in [-0.25, -0.2) is 21.6 Å². The van der Waals surface area contributed by atoms with Crippen LogP contribution < -0.4 is 5.32 Å². The monoisotopic (exact) mass is 568 g/mol. The van der Waals surface area contributed by atoms with Gasteiger partial charge in [0, 0.05) is 20.6 Å². The van der Waals surface area contributed by atoms with Crippen molar-refractivity contribution >= 4 is 49.6 Å². The average molecular weight is 568 g/mol. The lowest BCUT2D eigenvalue weighted by Crippen LogP contribution is -2.68.